The highest BCUT2D eigenvalue weighted by Crippen LogP contribution is 2.33. The zero-order chi connectivity index (χ0) is 16.6. The van der Waals surface area contributed by atoms with Crippen LogP contribution in [0.3, 0.4) is 0 Å². The number of amides is 1. The summed E-state index contributed by atoms with van der Waals surface area (Å²) < 4.78 is 26.5. The third-order valence-corrected chi connectivity index (χ3v) is 5.12. The van der Waals surface area contributed by atoms with Crippen LogP contribution in [0.2, 0.25) is 0 Å². The molecule has 1 fully saturated rings. The molecule has 3 rings (SSSR count). The number of hydrogen-bond acceptors (Lipinski definition) is 5. The van der Waals surface area contributed by atoms with Crippen LogP contribution in [0.15, 0.2) is 28.3 Å². The fourth-order valence-corrected chi connectivity index (χ4v) is 3.45. The Hall–Kier alpha value is -2.16. The Morgan fingerprint density at radius 2 is 2.13 bits per heavy atom. The number of nitrogens with zero attached hydrogens (tertiary/aromatic N) is 2. The van der Waals surface area contributed by atoms with Crippen LogP contribution in [0.5, 0.6) is 0 Å². The summed E-state index contributed by atoms with van der Waals surface area (Å²) in [6.45, 7) is 0.215. The van der Waals surface area contributed by atoms with Gasteiger partial charge in [0.1, 0.15) is 11.9 Å². The first kappa shape index (κ1) is 15.7. The summed E-state index contributed by atoms with van der Waals surface area (Å²) in [7, 11) is -3.44. The van der Waals surface area contributed by atoms with Gasteiger partial charge in [-0.15, -0.1) is 4.40 Å². The van der Waals surface area contributed by atoms with E-state index in [-0.39, 0.29) is 23.7 Å². The van der Waals surface area contributed by atoms with Gasteiger partial charge in [0.25, 0.3) is 15.9 Å². The van der Waals surface area contributed by atoms with Gasteiger partial charge in [-0.1, -0.05) is 12.8 Å². The maximum atomic E-state index is 12.2. The zero-order valence-electron chi connectivity index (χ0n) is 12.3. The van der Waals surface area contributed by atoms with Crippen molar-refractivity contribution in [2.75, 3.05) is 12.3 Å². The van der Waals surface area contributed by atoms with E-state index in [2.05, 4.69) is 9.71 Å². The molecule has 1 atom stereocenters. The van der Waals surface area contributed by atoms with Crippen LogP contribution in [0.4, 0.5) is 0 Å². The predicted octanol–water partition coefficient (Wildman–Crippen LogP) is -0.146. The van der Waals surface area contributed by atoms with Gasteiger partial charge in [-0.25, -0.2) is 13.2 Å². The van der Waals surface area contributed by atoms with Crippen molar-refractivity contribution in [1.29, 1.82) is 0 Å². The highest BCUT2D eigenvalue weighted by molar-refractivity contribution is 7.90. The number of amidine groups is 1. The Morgan fingerprint density at radius 3 is 2.78 bits per heavy atom. The molecule has 2 aliphatic heterocycles. The standard InChI is InChI=1S/C14H17N3O5S/c18-13(15-11(14(19)20)7-9-1-2-9)10-3-4-12-16-23(21,22)6-5-17(12)8-10/h3-4,8-9,11H,1-2,5-7H2,(H,15,18)(H,19,20). The number of carbonyl (C=O) groups is 2. The highest BCUT2D eigenvalue weighted by Gasteiger charge is 2.31. The van der Waals surface area contributed by atoms with Crippen LogP contribution in [-0.2, 0) is 19.6 Å². The molecule has 1 saturated carbocycles. The Bertz CT molecular complexity index is 734. The summed E-state index contributed by atoms with van der Waals surface area (Å²) in [5.41, 5.74) is 0.283. The number of hydrogen-bond donors (Lipinski definition) is 2. The number of fused-ring (bicyclic) bond motifs is 1. The molecule has 0 aromatic heterocycles. The molecule has 2 N–H and O–H groups in total. The fourth-order valence-electron chi connectivity index (χ4n) is 2.49. The van der Waals surface area contributed by atoms with E-state index in [1.807, 2.05) is 0 Å². The summed E-state index contributed by atoms with van der Waals surface area (Å²) in [4.78, 5) is 25.0. The normalized spacial score (nSPS) is 23.4. The van der Waals surface area contributed by atoms with E-state index in [0.717, 1.165) is 12.8 Å². The SMILES string of the molecule is O=C(NC(CC1CC1)C(=O)O)C1=CN2CCS(=O)(=O)N=C2C=C1. The van der Waals surface area contributed by atoms with Crippen LogP contribution >= 0.6 is 0 Å². The maximum Gasteiger partial charge on any atom is 0.326 e. The smallest absolute Gasteiger partial charge is 0.326 e. The summed E-state index contributed by atoms with van der Waals surface area (Å²) >= 11 is 0. The molecule has 23 heavy (non-hydrogen) atoms. The van der Waals surface area contributed by atoms with Gasteiger partial charge >= 0.3 is 5.97 Å². The molecular formula is C14H17N3O5S. The number of carboxylic acid groups (broad SMARTS) is 1. The Kier molecular flexibility index (Phi) is 3.97. The molecule has 1 unspecified atom stereocenters. The van der Waals surface area contributed by atoms with E-state index in [1.165, 1.54) is 18.4 Å². The second-order valence-electron chi connectivity index (χ2n) is 5.89. The molecular weight excluding hydrogens is 322 g/mol. The van der Waals surface area contributed by atoms with E-state index in [1.54, 1.807) is 4.90 Å². The van der Waals surface area contributed by atoms with Crippen molar-refractivity contribution in [3.05, 3.63) is 23.9 Å². The predicted molar refractivity (Wildman–Crippen MR) is 82.1 cm³/mol. The lowest BCUT2D eigenvalue weighted by atomic mass is 10.1. The van der Waals surface area contributed by atoms with Crippen molar-refractivity contribution in [3.63, 3.8) is 0 Å². The summed E-state index contributed by atoms with van der Waals surface area (Å²) in [5.74, 6) is -1.01. The van der Waals surface area contributed by atoms with Gasteiger partial charge in [0.2, 0.25) is 0 Å². The average Bonchev–Trinajstić information content (AvgIpc) is 3.29. The van der Waals surface area contributed by atoms with Gasteiger partial charge in [0.15, 0.2) is 0 Å². The van der Waals surface area contributed by atoms with Gasteiger partial charge in [-0.3, -0.25) is 4.79 Å². The first-order chi connectivity index (χ1) is 10.8. The number of aliphatic carboxylic acids is 1. The molecule has 124 valence electrons. The van der Waals surface area contributed by atoms with Crippen molar-refractivity contribution < 1.29 is 23.1 Å². The van der Waals surface area contributed by atoms with Crippen LogP contribution in [0, 0.1) is 5.92 Å². The second-order valence-corrected chi connectivity index (χ2v) is 7.64. The lowest BCUT2D eigenvalue weighted by Crippen LogP contribution is -2.43. The van der Waals surface area contributed by atoms with Gasteiger partial charge < -0.3 is 15.3 Å². The summed E-state index contributed by atoms with van der Waals surface area (Å²) in [6, 6.07) is -0.902. The lowest BCUT2D eigenvalue weighted by molar-refractivity contribution is -0.141. The van der Waals surface area contributed by atoms with Crippen molar-refractivity contribution >= 4 is 27.7 Å². The van der Waals surface area contributed by atoms with Gasteiger partial charge in [-0.2, -0.15) is 0 Å². The minimum Gasteiger partial charge on any atom is -0.480 e. The van der Waals surface area contributed by atoms with Crippen molar-refractivity contribution in [2.45, 2.75) is 25.3 Å². The third-order valence-electron chi connectivity index (χ3n) is 3.96. The number of carboxylic acids is 1. The average molecular weight is 339 g/mol. The van der Waals surface area contributed by atoms with Crippen LogP contribution in [0.25, 0.3) is 0 Å². The summed E-state index contributed by atoms with van der Waals surface area (Å²) in [6.07, 6.45) is 6.84. The number of rotatable bonds is 5. The quantitative estimate of drug-likeness (QED) is 0.720. The Morgan fingerprint density at radius 1 is 1.39 bits per heavy atom. The molecule has 0 saturated heterocycles. The molecule has 2 heterocycles. The van der Waals surface area contributed by atoms with E-state index in [9.17, 15) is 23.1 Å². The maximum absolute atomic E-state index is 12.2. The monoisotopic (exact) mass is 339 g/mol. The largest absolute Gasteiger partial charge is 0.480 e. The third kappa shape index (κ3) is 3.79. The van der Waals surface area contributed by atoms with Crippen LogP contribution < -0.4 is 5.32 Å². The molecule has 0 aromatic rings. The van der Waals surface area contributed by atoms with E-state index in [4.69, 9.17) is 0 Å². The Balaban J connectivity index is 1.70. The zero-order valence-corrected chi connectivity index (χ0v) is 13.1. The number of sulfonamides is 1. The molecule has 8 nitrogen and oxygen atoms in total. The first-order valence-corrected chi connectivity index (χ1v) is 8.98. The molecule has 1 aliphatic carbocycles. The fraction of sp³-hybridized carbons (Fsp3) is 0.500. The molecule has 0 spiro atoms. The van der Waals surface area contributed by atoms with Crippen molar-refractivity contribution in [1.82, 2.24) is 10.2 Å². The summed E-state index contributed by atoms with van der Waals surface area (Å²) in [5, 5.41) is 11.7. The highest BCUT2D eigenvalue weighted by atomic mass is 32.2. The molecule has 3 aliphatic rings. The topological polar surface area (TPSA) is 116 Å². The number of carbonyl (C=O) groups excluding carboxylic acids is 1. The molecule has 1 amide bonds. The van der Waals surface area contributed by atoms with Crippen LogP contribution in [0.1, 0.15) is 19.3 Å². The minimum atomic E-state index is -3.44. The molecule has 0 bridgehead atoms. The molecule has 9 heteroatoms. The Labute approximate surface area is 133 Å². The second kappa shape index (κ2) is 5.80. The minimum absolute atomic E-state index is 0.116. The van der Waals surface area contributed by atoms with Crippen molar-refractivity contribution in [2.24, 2.45) is 10.3 Å². The van der Waals surface area contributed by atoms with Crippen molar-refractivity contribution in [3.8, 4) is 0 Å². The molecule has 0 radical (unpaired) electrons. The molecule has 0 aromatic carbocycles. The first-order valence-electron chi connectivity index (χ1n) is 7.37. The van der Waals surface area contributed by atoms with Gasteiger partial charge in [-0.05, 0) is 24.5 Å². The lowest BCUT2D eigenvalue weighted by Gasteiger charge is -2.27. The van der Waals surface area contributed by atoms with Gasteiger partial charge in [0, 0.05) is 12.7 Å². The van der Waals surface area contributed by atoms with Gasteiger partial charge in [0.05, 0.1) is 11.3 Å². The van der Waals surface area contributed by atoms with E-state index >= 15 is 0 Å². The van der Waals surface area contributed by atoms with E-state index in [0.29, 0.717) is 12.3 Å². The van der Waals surface area contributed by atoms with E-state index < -0.39 is 27.9 Å². The van der Waals surface area contributed by atoms with Crippen LogP contribution in [-0.4, -0.2) is 54.5 Å². The number of nitrogens with one attached hydrogen (secondary N) is 1.